The van der Waals surface area contributed by atoms with Crippen molar-refractivity contribution in [1.29, 1.82) is 0 Å². The quantitative estimate of drug-likeness (QED) is 0.343. The van der Waals surface area contributed by atoms with Crippen molar-refractivity contribution in [2.75, 3.05) is 5.73 Å². The number of nitrogens with two attached hydrogens (primary N) is 2. The molecular weight excluding hydrogens is 280 g/mol. The molecule has 21 heavy (non-hydrogen) atoms. The largest absolute Gasteiger partial charge is 0.444 e. The Balaban J connectivity index is 0.000000219. The molecule has 0 saturated heterocycles. The number of nitrogens with one attached hydrogen (secondary N) is 1. The average molecular weight is 295 g/mol. The van der Waals surface area contributed by atoms with Gasteiger partial charge in [-0.25, -0.2) is 19.4 Å². The van der Waals surface area contributed by atoms with Gasteiger partial charge in [-0.15, -0.1) is 0 Å². The molecule has 0 radical (unpaired) electrons. The van der Waals surface area contributed by atoms with Gasteiger partial charge in [0.2, 0.25) is 0 Å². The van der Waals surface area contributed by atoms with Gasteiger partial charge in [0.05, 0.1) is 0 Å². The fourth-order valence-electron chi connectivity index (χ4n) is 1.28. The maximum Gasteiger partial charge on any atom is 0.421 e. The molecule has 0 bridgehead atoms. The number of anilines is 1. The van der Waals surface area contributed by atoms with E-state index >= 15 is 0 Å². The van der Waals surface area contributed by atoms with Crippen molar-refractivity contribution in [3.05, 3.63) is 65.7 Å². The Bertz CT molecular complexity index is 559. The second-order valence-corrected chi connectivity index (χ2v) is 3.84. The second-order valence-electron chi connectivity index (χ2n) is 3.84. The Morgan fingerprint density at radius 1 is 1.05 bits per heavy atom. The summed E-state index contributed by atoms with van der Waals surface area (Å²) in [6.07, 6.45) is -0.626. The number of para-hydroxylation sites is 1. The average Bonchev–Trinajstić information content (AvgIpc) is 2.52. The number of hydrogen-bond donors (Lipinski definition) is 3. The summed E-state index contributed by atoms with van der Waals surface area (Å²) in [7, 11) is 0. The standard InChI is InChI=1S/C8H10N2O2.C6H5F2N/c9-10-8(11)12-6-7-4-2-1-3-5-7;7-4-2-1-3-5(8)6(4)9/h1-5H,6,9H2,(H,10,11);1-3H,9H2. The first-order valence-electron chi connectivity index (χ1n) is 5.91. The molecule has 2 aromatic rings. The first kappa shape index (κ1) is 16.4. The number of hydrazine groups is 1. The van der Waals surface area contributed by atoms with Crippen LogP contribution in [0.5, 0.6) is 0 Å². The molecule has 0 fully saturated rings. The molecule has 0 spiro atoms. The molecule has 112 valence electrons. The van der Waals surface area contributed by atoms with Gasteiger partial charge in [-0.2, -0.15) is 0 Å². The summed E-state index contributed by atoms with van der Waals surface area (Å²) >= 11 is 0. The molecule has 5 N–H and O–H groups in total. The molecule has 0 saturated carbocycles. The Hall–Kier alpha value is -2.67. The maximum atomic E-state index is 12.2. The summed E-state index contributed by atoms with van der Waals surface area (Å²) in [6.45, 7) is 0.240. The van der Waals surface area contributed by atoms with Crippen LogP contribution >= 0.6 is 0 Å². The monoisotopic (exact) mass is 295 g/mol. The number of nitrogen functional groups attached to an aromatic ring is 1. The van der Waals surface area contributed by atoms with Crippen LogP contribution in [0.1, 0.15) is 5.56 Å². The first-order valence-corrected chi connectivity index (χ1v) is 5.91. The molecule has 2 rings (SSSR count). The van der Waals surface area contributed by atoms with Gasteiger partial charge in [-0.05, 0) is 17.7 Å². The third-order valence-corrected chi connectivity index (χ3v) is 2.33. The fourth-order valence-corrected chi connectivity index (χ4v) is 1.28. The van der Waals surface area contributed by atoms with Crippen molar-refractivity contribution in [3.8, 4) is 0 Å². The number of amides is 1. The molecule has 0 aromatic heterocycles. The lowest BCUT2D eigenvalue weighted by Crippen LogP contribution is -2.30. The second kappa shape index (κ2) is 8.49. The molecule has 0 aliphatic rings. The predicted molar refractivity (Wildman–Crippen MR) is 74.7 cm³/mol. The molecule has 5 nitrogen and oxygen atoms in total. The van der Waals surface area contributed by atoms with E-state index in [0.717, 1.165) is 17.7 Å². The number of rotatable bonds is 2. The lowest BCUT2D eigenvalue weighted by molar-refractivity contribution is 0.140. The van der Waals surface area contributed by atoms with Crippen molar-refractivity contribution in [1.82, 2.24) is 5.43 Å². The maximum absolute atomic E-state index is 12.2. The van der Waals surface area contributed by atoms with E-state index in [0.29, 0.717) is 0 Å². The minimum Gasteiger partial charge on any atom is -0.444 e. The Kier molecular flexibility index (Phi) is 6.62. The van der Waals surface area contributed by atoms with Crippen molar-refractivity contribution in [2.45, 2.75) is 6.61 Å². The lowest BCUT2D eigenvalue weighted by atomic mass is 10.2. The summed E-state index contributed by atoms with van der Waals surface area (Å²) in [5, 5.41) is 0. The third kappa shape index (κ3) is 5.87. The van der Waals surface area contributed by atoms with Crippen LogP contribution in [0.3, 0.4) is 0 Å². The zero-order valence-electron chi connectivity index (χ0n) is 11.1. The van der Waals surface area contributed by atoms with Crippen LogP contribution in [0.15, 0.2) is 48.5 Å². The predicted octanol–water partition coefficient (Wildman–Crippen LogP) is 2.33. The highest BCUT2D eigenvalue weighted by molar-refractivity contribution is 5.66. The minimum atomic E-state index is -0.713. The Morgan fingerprint density at radius 2 is 1.62 bits per heavy atom. The number of benzene rings is 2. The topological polar surface area (TPSA) is 90.4 Å². The Labute approximate surface area is 120 Å². The van der Waals surface area contributed by atoms with E-state index in [1.165, 1.54) is 6.07 Å². The zero-order chi connectivity index (χ0) is 15.7. The van der Waals surface area contributed by atoms with Crippen LogP contribution < -0.4 is 17.0 Å². The van der Waals surface area contributed by atoms with Crippen LogP contribution in [-0.2, 0) is 11.3 Å². The molecule has 0 aliphatic carbocycles. The molecule has 0 atom stereocenters. The van der Waals surface area contributed by atoms with Gasteiger partial charge in [0.1, 0.15) is 23.9 Å². The minimum absolute atomic E-state index is 0.240. The highest BCUT2D eigenvalue weighted by Crippen LogP contribution is 2.12. The first-order chi connectivity index (χ1) is 10.0. The summed E-state index contributed by atoms with van der Waals surface area (Å²) in [6, 6.07) is 12.9. The van der Waals surface area contributed by atoms with E-state index < -0.39 is 23.4 Å². The van der Waals surface area contributed by atoms with E-state index in [1.807, 2.05) is 35.8 Å². The SMILES string of the molecule is NNC(=O)OCc1ccccc1.Nc1c(F)cccc1F. The number of halogens is 2. The molecule has 7 heteroatoms. The highest BCUT2D eigenvalue weighted by Gasteiger charge is 2.00. The Morgan fingerprint density at radius 3 is 2.10 bits per heavy atom. The normalized spacial score (nSPS) is 9.29. The summed E-state index contributed by atoms with van der Waals surface area (Å²) in [5.74, 6) is 3.39. The highest BCUT2D eigenvalue weighted by atomic mass is 19.1. The van der Waals surface area contributed by atoms with Gasteiger partial charge in [-0.1, -0.05) is 36.4 Å². The summed E-state index contributed by atoms with van der Waals surface area (Å²) < 4.78 is 29.1. The van der Waals surface area contributed by atoms with Crippen molar-refractivity contribution >= 4 is 11.8 Å². The van der Waals surface area contributed by atoms with Crippen LogP contribution in [0.25, 0.3) is 0 Å². The van der Waals surface area contributed by atoms with E-state index in [2.05, 4.69) is 0 Å². The summed E-state index contributed by atoms with van der Waals surface area (Å²) in [5.41, 5.74) is 7.32. The molecule has 2 aromatic carbocycles. The van der Waals surface area contributed by atoms with Gasteiger partial charge < -0.3 is 10.5 Å². The van der Waals surface area contributed by atoms with E-state index in [4.69, 9.17) is 16.3 Å². The van der Waals surface area contributed by atoms with Gasteiger partial charge >= 0.3 is 6.09 Å². The van der Waals surface area contributed by atoms with Crippen molar-refractivity contribution < 1.29 is 18.3 Å². The molecule has 0 heterocycles. The molecule has 0 aliphatic heterocycles. The van der Waals surface area contributed by atoms with Crippen LogP contribution in [-0.4, -0.2) is 6.09 Å². The number of carbonyl (C=O) groups excluding carboxylic acids is 1. The summed E-state index contributed by atoms with van der Waals surface area (Å²) in [4.78, 5) is 10.5. The van der Waals surface area contributed by atoms with E-state index in [9.17, 15) is 13.6 Å². The van der Waals surface area contributed by atoms with Gasteiger partial charge in [0.15, 0.2) is 0 Å². The fraction of sp³-hybridized carbons (Fsp3) is 0.0714. The molecule has 0 unspecified atom stereocenters. The van der Waals surface area contributed by atoms with Gasteiger partial charge in [0.25, 0.3) is 0 Å². The van der Waals surface area contributed by atoms with Crippen molar-refractivity contribution in [2.24, 2.45) is 5.84 Å². The zero-order valence-corrected chi connectivity index (χ0v) is 11.1. The smallest absolute Gasteiger partial charge is 0.421 e. The van der Waals surface area contributed by atoms with Crippen LogP contribution in [0, 0.1) is 11.6 Å². The van der Waals surface area contributed by atoms with Crippen LogP contribution in [0.2, 0.25) is 0 Å². The van der Waals surface area contributed by atoms with E-state index in [-0.39, 0.29) is 6.61 Å². The number of carbonyl (C=O) groups is 1. The van der Waals surface area contributed by atoms with Crippen molar-refractivity contribution in [3.63, 3.8) is 0 Å². The van der Waals surface area contributed by atoms with E-state index in [1.54, 1.807) is 0 Å². The lowest BCUT2D eigenvalue weighted by Gasteiger charge is -2.02. The van der Waals surface area contributed by atoms with Gasteiger partial charge in [0, 0.05) is 0 Å². The molecule has 1 amide bonds. The van der Waals surface area contributed by atoms with Gasteiger partial charge in [-0.3, -0.25) is 5.43 Å². The van der Waals surface area contributed by atoms with Crippen LogP contribution in [0.4, 0.5) is 19.3 Å². The third-order valence-electron chi connectivity index (χ3n) is 2.33. The number of ether oxygens (including phenoxy) is 1. The number of hydrogen-bond acceptors (Lipinski definition) is 4. The molecular formula is C14H15F2N3O2.